The highest BCUT2D eigenvalue weighted by Crippen LogP contribution is 2.10. The smallest absolute Gasteiger partial charge is 0.185 e. The average molecular weight is 134 g/mol. The van der Waals surface area contributed by atoms with Crippen LogP contribution in [0.4, 0.5) is 0 Å². The van der Waals surface area contributed by atoms with E-state index in [0.29, 0.717) is 0 Å². The van der Waals surface area contributed by atoms with Gasteiger partial charge in [-0.25, -0.2) is 0 Å². The van der Waals surface area contributed by atoms with Crippen LogP contribution >= 0.6 is 0 Å². The SMILES string of the molecule is CC(C)=C1C=CC=CC1=O. The lowest BCUT2D eigenvalue weighted by Crippen LogP contribution is -1.99. The van der Waals surface area contributed by atoms with Gasteiger partial charge in [0, 0.05) is 5.57 Å². The van der Waals surface area contributed by atoms with E-state index in [-0.39, 0.29) is 5.78 Å². The Kier molecular flexibility index (Phi) is 1.86. The fourth-order valence-corrected chi connectivity index (χ4v) is 0.880. The molecule has 0 bridgehead atoms. The third-order valence-electron chi connectivity index (χ3n) is 1.43. The molecule has 0 aromatic rings. The largest absolute Gasteiger partial charge is 0.289 e. The quantitative estimate of drug-likeness (QED) is 0.463. The number of rotatable bonds is 0. The summed E-state index contributed by atoms with van der Waals surface area (Å²) in [5, 5.41) is 0. The molecule has 0 N–H and O–H groups in total. The molecule has 52 valence electrons. The number of hydrogen-bond donors (Lipinski definition) is 0. The number of carbonyl (C=O) groups is 1. The molecule has 0 heterocycles. The lowest BCUT2D eigenvalue weighted by Gasteiger charge is -2.01. The molecule has 0 saturated heterocycles. The Morgan fingerprint density at radius 3 is 2.20 bits per heavy atom. The molecule has 1 rings (SSSR count). The molecular weight excluding hydrogens is 124 g/mol. The van der Waals surface area contributed by atoms with Crippen LogP contribution in [0.15, 0.2) is 35.5 Å². The van der Waals surface area contributed by atoms with Gasteiger partial charge in [-0.05, 0) is 19.9 Å². The topological polar surface area (TPSA) is 17.1 Å². The zero-order valence-electron chi connectivity index (χ0n) is 6.22. The number of ketones is 1. The van der Waals surface area contributed by atoms with Crippen molar-refractivity contribution in [3.05, 3.63) is 35.5 Å². The van der Waals surface area contributed by atoms with E-state index in [2.05, 4.69) is 0 Å². The predicted octanol–water partition coefficient (Wildman–Crippen LogP) is 2.02. The minimum absolute atomic E-state index is 0.113. The minimum atomic E-state index is 0.113. The van der Waals surface area contributed by atoms with E-state index < -0.39 is 0 Å². The van der Waals surface area contributed by atoms with Gasteiger partial charge in [0.15, 0.2) is 5.78 Å². The number of carbonyl (C=O) groups excluding carboxylic acids is 1. The van der Waals surface area contributed by atoms with Gasteiger partial charge in [-0.15, -0.1) is 0 Å². The van der Waals surface area contributed by atoms with Crippen LogP contribution in [0.5, 0.6) is 0 Å². The Balaban J connectivity index is 3.02. The van der Waals surface area contributed by atoms with Gasteiger partial charge in [0.1, 0.15) is 0 Å². The Hall–Kier alpha value is -1.11. The van der Waals surface area contributed by atoms with Crippen LogP contribution in [-0.4, -0.2) is 5.78 Å². The predicted molar refractivity (Wildman–Crippen MR) is 41.7 cm³/mol. The molecule has 0 amide bonds. The van der Waals surface area contributed by atoms with Gasteiger partial charge in [0.05, 0.1) is 0 Å². The lowest BCUT2D eigenvalue weighted by molar-refractivity contribution is -0.111. The van der Waals surface area contributed by atoms with Crippen molar-refractivity contribution in [2.24, 2.45) is 0 Å². The van der Waals surface area contributed by atoms with Crippen LogP contribution in [0.3, 0.4) is 0 Å². The molecule has 0 spiro atoms. The molecule has 0 aromatic carbocycles. The average Bonchev–Trinajstić information content (AvgIpc) is 1.88. The molecule has 1 nitrogen and oxygen atoms in total. The number of allylic oxidation sites excluding steroid dienone is 6. The summed E-state index contributed by atoms with van der Waals surface area (Å²) < 4.78 is 0. The van der Waals surface area contributed by atoms with Crippen LogP contribution in [0.2, 0.25) is 0 Å². The molecular formula is C9H10O. The van der Waals surface area contributed by atoms with Gasteiger partial charge < -0.3 is 0 Å². The first-order valence-corrected chi connectivity index (χ1v) is 3.28. The highest BCUT2D eigenvalue weighted by Gasteiger charge is 2.05. The molecule has 0 aromatic heterocycles. The summed E-state index contributed by atoms with van der Waals surface area (Å²) in [5.41, 5.74) is 1.90. The molecule has 0 fully saturated rings. The van der Waals surface area contributed by atoms with E-state index in [1.807, 2.05) is 26.0 Å². The van der Waals surface area contributed by atoms with Gasteiger partial charge in [0.25, 0.3) is 0 Å². The first-order chi connectivity index (χ1) is 4.72. The van der Waals surface area contributed by atoms with Crippen molar-refractivity contribution < 1.29 is 4.79 Å². The van der Waals surface area contributed by atoms with Crippen molar-refractivity contribution in [2.75, 3.05) is 0 Å². The normalized spacial score (nSPS) is 16.2. The summed E-state index contributed by atoms with van der Waals surface area (Å²) in [7, 11) is 0. The second kappa shape index (κ2) is 2.65. The Morgan fingerprint density at radius 2 is 1.80 bits per heavy atom. The fourth-order valence-electron chi connectivity index (χ4n) is 0.880. The summed E-state index contributed by atoms with van der Waals surface area (Å²) >= 11 is 0. The molecule has 10 heavy (non-hydrogen) atoms. The van der Waals surface area contributed by atoms with E-state index in [0.717, 1.165) is 11.1 Å². The van der Waals surface area contributed by atoms with Crippen molar-refractivity contribution in [1.29, 1.82) is 0 Å². The molecule has 1 aliphatic carbocycles. The van der Waals surface area contributed by atoms with Crippen molar-refractivity contribution in [2.45, 2.75) is 13.8 Å². The zero-order chi connectivity index (χ0) is 7.56. The van der Waals surface area contributed by atoms with Gasteiger partial charge >= 0.3 is 0 Å². The fraction of sp³-hybridized carbons (Fsp3) is 0.222. The lowest BCUT2D eigenvalue weighted by atomic mass is 10.0. The van der Waals surface area contributed by atoms with E-state index in [1.165, 1.54) is 0 Å². The van der Waals surface area contributed by atoms with Crippen molar-refractivity contribution in [3.63, 3.8) is 0 Å². The monoisotopic (exact) mass is 134 g/mol. The van der Waals surface area contributed by atoms with Crippen molar-refractivity contribution in [1.82, 2.24) is 0 Å². The maximum Gasteiger partial charge on any atom is 0.185 e. The van der Waals surface area contributed by atoms with E-state index in [1.54, 1.807) is 12.2 Å². The summed E-state index contributed by atoms with van der Waals surface area (Å²) in [5.74, 6) is 0.113. The molecule has 1 heteroatoms. The standard InChI is InChI=1S/C9H10O/c1-7(2)8-5-3-4-6-9(8)10/h3-6H,1-2H3. The molecule has 0 aliphatic heterocycles. The van der Waals surface area contributed by atoms with Crippen LogP contribution in [-0.2, 0) is 4.79 Å². The molecule has 1 aliphatic rings. The Labute approximate surface area is 60.7 Å². The summed E-state index contributed by atoms with van der Waals surface area (Å²) in [6, 6.07) is 0. The third-order valence-corrected chi connectivity index (χ3v) is 1.43. The van der Waals surface area contributed by atoms with Crippen LogP contribution < -0.4 is 0 Å². The molecule has 0 radical (unpaired) electrons. The maximum atomic E-state index is 11.0. The van der Waals surface area contributed by atoms with Crippen molar-refractivity contribution in [3.8, 4) is 0 Å². The van der Waals surface area contributed by atoms with E-state index in [9.17, 15) is 4.79 Å². The van der Waals surface area contributed by atoms with Crippen LogP contribution in [0.1, 0.15) is 13.8 Å². The second-order valence-corrected chi connectivity index (χ2v) is 2.50. The second-order valence-electron chi connectivity index (χ2n) is 2.50. The first kappa shape index (κ1) is 7.00. The highest BCUT2D eigenvalue weighted by atomic mass is 16.1. The van der Waals surface area contributed by atoms with Gasteiger partial charge in [-0.2, -0.15) is 0 Å². The van der Waals surface area contributed by atoms with E-state index >= 15 is 0 Å². The molecule has 0 saturated carbocycles. The van der Waals surface area contributed by atoms with Crippen LogP contribution in [0.25, 0.3) is 0 Å². The molecule has 0 atom stereocenters. The van der Waals surface area contributed by atoms with Gasteiger partial charge in [-0.3, -0.25) is 4.79 Å². The Morgan fingerprint density at radius 1 is 1.20 bits per heavy atom. The first-order valence-electron chi connectivity index (χ1n) is 3.28. The maximum absolute atomic E-state index is 11.0. The minimum Gasteiger partial charge on any atom is -0.289 e. The summed E-state index contributed by atoms with van der Waals surface area (Å²) in [6.07, 6.45) is 7.07. The van der Waals surface area contributed by atoms with E-state index in [4.69, 9.17) is 0 Å². The van der Waals surface area contributed by atoms with Crippen molar-refractivity contribution >= 4 is 5.78 Å². The third kappa shape index (κ3) is 1.24. The molecule has 0 unspecified atom stereocenters. The Bertz CT molecular complexity index is 237. The zero-order valence-corrected chi connectivity index (χ0v) is 6.22. The summed E-state index contributed by atoms with van der Waals surface area (Å²) in [4.78, 5) is 11.0. The summed E-state index contributed by atoms with van der Waals surface area (Å²) in [6.45, 7) is 3.88. The highest BCUT2D eigenvalue weighted by molar-refractivity contribution is 6.07. The van der Waals surface area contributed by atoms with Gasteiger partial charge in [0.2, 0.25) is 0 Å². The van der Waals surface area contributed by atoms with Gasteiger partial charge in [-0.1, -0.05) is 23.8 Å². The van der Waals surface area contributed by atoms with Crippen LogP contribution in [0, 0.1) is 0 Å². The number of hydrogen-bond acceptors (Lipinski definition) is 1.